The van der Waals surface area contributed by atoms with Crippen LogP contribution < -0.4 is 4.74 Å². The molecule has 0 amide bonds. The highest BCUT2D eigenvalue weighted by molar-refractivity contribution is 7.12. The molecule has 0 spiro atoms. The zero-order chi connectivity index (χ0) is 20.2. The number of hydrogen-bond donors (Lipinski definition) is 0. The molecule has 144 valence electrons. The van der Waals surface area contributed by atoms with E-state index in [1.807, 2.05) is 45.0 Å². The summed E-state index contributed by atoms with van der Waals surface area (Å²) < 4.78 is 12.6. The molecular formula is C22H21NO4S. The summed E-state index contributed by atoms with van der Waals surface area (Å²) in [6.07, 6.45) is 0. The average molecular weight is 395 g/mol. The Balaban J connectivity index is 2.12. The van der Waals surface area contributed by atoms with Crippen molar-refractivity contribution in [2.75, 3.05) is 7.11 Å². The van der Waals surface area contributed by atoms with Gasteiger partial charge in [0, 0.05) is 44.0 Å². The number of cyclic esters (lactones) is 2. The van der Waals surface area contributed by atoms with Crippen molar-refractivity contribution >= 4 is 45.3 Å². The normalized spacial score (nSPS) is 14.3. The summed E-state index contributed by atoms with van der Waals surface area (Å²) in [5, 5.41) is 0.877. The highest BCUT2D eigenvalue weighted by Crippen LogP contribution is 2.42. The molecule has 6 heteroatoms. The lowest BCUT2D eigenvalue weighted by Crippen LogP contribution is -2.03. The standard InChI is InChI=1S/C22H21NO4S/c1-6-23-12(3)18(16-10-14(26-5)7-8-17(16)23)20-19(21(24)27-22(20)25)15-9-11(2)28-13(15)4/h7-10H,6H2,1-5H3. The number of esters is 2. The average Bonchev–Trinajstić information content (AvgIpc) is 3.23. The molecule has 3 heterocycles. The molecule has 1 aromatic carbocycles. The summed E-state index contributed by atoms with van der Waals surface area (Å²) in [6.45, 7) is 8.72. The molecule has 0 radical (unpaired) electrons. The number of rotatable bonds is 4. The first kappa shape index (κ1) is 18.5. The number of carbonyl (C=O) groups is 2. The fourth-order valence-corrected chi connectivity index (χ4v) is 4.98. The summed E-state index contributed by atoms with van der Waals surface area (Å²) in [7, 11) is 1.61. The predicted molar refractivity (Wildman–Crippen MR) is 111 cm³/mol. The van der Waals surface area contributed by atoms with E-state index in [1.165, 1.54) is 0 Å². The molecule has 0 aliphatic carbocycles. The highest BCUT2D eigenvalue weighted by Gasteiger charge is 2.38. The van der Waals surface area contributed by atoms with Gasteiger partial charge in [0.05, 0.1) is 18.3 Å². The van der Waals surface area contributed by atoms with Gasteiger partial charge in [-0.05, 0) is 52.0 Å². The van der Waals surface area contributed by atoms with Crippen LogP contribution in [0.1, 0.15) is 33.5 Å². The van der Waals surface area contributed by atoms with Crippen molar-refractivity contribution in [3.05, 3.63) is 50.8 Å². The van der Waals surface area contributed by atoms with Crippen molar-refractivity contribution in [3.8, 4) is 5.75 Å². The van der Waals surface area contributed by atoms with E-state index in [-0.39, 0.29) is 0 Å². The highest BCUT2D eigenvalue weighted by atomic mass is 32.1. The van der Waals surface area contributed by atoms with Crippen molar-refractivity contribution in [2.24, 2.45) is 0 Å². The van der Waals surface area contributed by atoms with Crippen molar-refractivity contribution < 1.29 is 19.1 Å². The van der Waals surface area contributed by atoms with Gasteiger partial charge in [0.15, 0.2) is 0 Å². The Bertz CT molecular complexity index is 1180. The van der Waals surface area contributed by atoms with Gasteiger partial charge in [-0.2, -0.15) is 0 Å². The third-order valence-electron chi connectivity index (χ3n) is 5.25. The molecule has 0 bridgehead atoms. The van der Waals surface area contributed by atoms with Crippen LogP contribution >= 0.6 is 11.3 Å². The van der Waals surface area contributed by atoms with Crippen LogP contribution in [0.5, 0.6) is 5.75 Å². The molecule has 0 atom stereocenters. The molecule has 0 unspecified atom stereocenters. The summed E-state index contributed by atoms with van der Waals surface area (Å²) >= 11 is 1.60. The first-order chi connectivity index (χ1) is 13.4. The lowest BCUT2D eigenvalue weighted by atomic mass is 9.94. The Morgan fingerprint density at radius 1 is 1.07 bits per heavy atom. The predicted octanol–water partition coefficient (Wildman–Crippen LogP) is 4.65. The second-order valence-electron chi connectivity index (χ2n) is 6.84. The Morgan fingerprint density at radius 3 is 2.39 bits per heavy atom. The molecule has 1 aliphatic rings. The molecule has 28 heavy (non-hydrogen) atoms. The molecule has 3 aromatic rings. The first-order valence-corrected chi connectivity index (χ1v) is 9.94. The van der Waals surface area contributed by atoms with Gasteiger partial charge in [-0.1, -0.05) is 0 Å². The minimum absolute atomic E-state index is 0.342. The zero-order valence-corrected chi connectivity index (χ0v) is 17.3. The Labute approximate surface area is 167 Å². The molecule has 5 nitrogen and oxygen atoms in total. The van der Waals surface area contributed by atoms with E-state index in [9.17, 15) is 9.59 Å². The summed E-state index contributed by atoms with van der Waals surface area (Å²) in [5.74, 6) is -0.477. The molecule has 2 aromatic heterocycles. The van der Waals surface area contributed by atoms with Gasteiger partial charge in [-0.15, -0.1) is 11.3 Å². The molecular weight excluding hydrogens is 374 g/mol. The summed E-state index contributed by atoms with van der Waals surface area (Å²) in [6, 6.07) is 7.74. The van der Waals surface area contributed by atoms with Gasteiger partial charge in [-0.25, -0.2) is 9.59 Å². The van der Waals surface area contributed by atoms with Gasteiger partial charge in [-0.3, -0.25) is 0 Å². The number of aromatic nitrogens is 1. The quantitative estimate of drug-likeness (QED) is 0.477. The van der Waals surface area contributed by atoms with Gasteiger partial charge in [0.2, 0.25) is 0 Å². The van der Waals surface area contributed by atoms with Crippen LogP contribution in [0.25, 0.3) is 22.0 Å². The second kappa shape index (κ2) is 6.63. The molecule has 1 aliphatic heterocycles. The summed E-state index contributed by atoms with van der Waals surface area (Å²) in [5.41, 5.74) is 4.13. The lowest BCUT2D eigenvalue weighted by Gasteiger charge is -2.06. The molecule has 0 fully saturated rings. The largest absolute Gasteiger partial charge is 0.497 e. The Morgan fingerprint density at radius 2 is 1.79 bits per heavy atom. The fraction of sp³-hybridized carbons (Fsp3) is 0.273. The molecule has 0 saturated heterocycles. The van der Waals surface area contributed by atoms with Gasteiger partial charge in [0.1, 0.15) is 5.75 Å². The van der Waals surface area contributed by atoms with E-state index in [2.05, 4.69) is 11.5 Å². The van der Waals surface area contributed by atoms with Crippen LogP contribution in [-0.2, 0) is 20.9 Å². The van der Waals surface area contributed by atoms with Gasteiger partial charge >= 0.3 is 11.9 Å². The Kier molecular flexibility index (Phi) is 4.38. The second-order valence-corrected chi connectivity index (χ2v) is 8.30. The maximum Gasteiger partial charge on any atom is 0.347 e. The smallest absolute Gasteiger partial charge is 0.347 e. The van der Waals surface area contributed by atoms with Crippen molar-refractivity contribution in [1.29, 1.82) is 0 Å². The number of fused-ring (bicyclic) bond motifs is 1. The number of aryl methyl sites for hydroxylation is 3. The maximum absolute atomic E-state index is 12.8. The monoisotopic (exact) mass is 395 g/mol. The number of carbonyl (C=O) groups excluding carboxylic acids is 2. The topological polar surface area (TPSA) is 57.5 Å². The number of methoxy groups -OCH3 is 1. The number of ether oxygens (including phenoxy) is 2. The Hall–Kier alpha value is -2.86. The zero-order valence-electron chi connectivity index (χ0n) is 16.5. The van der Waals surface area contributed by atoms with E-state index in [4.69, 9.17) is 9.47 Å². The van der Waals surface area contributed by atoms with Crippen LogP contribution in [0, 0.1) is 20.8 Å². The van der Waals surface area contributed by atoms with E-state index in [0.717, 1.165) is 44.0 Å². The van der Waals surface area contributed by atoms with Gasteiger partial charge < -0.3 is 14.0 Å². The van der Waals surface area contributed by atoms with Crippen LogP contribution in [0.15, 0.2) is 24.3 Å². The maximum atomic E-state index is 12.8. The van der Waals surface area contributed by atoms with Crippen LogP contribution in [0.2, 0.25) is 0 Å². The third kappa shape index (κ3) is 2.59. The molecule has 0 N–H and O–H groups in total. The number of hydrogen-bond acceptors (Lipinski definition) is 5. The van der Waals surface area contributed by atoms with Crippen molar-refractivity contribution in [2.45, 2.75) is 34.2 Å². The van der Waals surface area contributed by atoms with Crippen LogP contribution in [-0.4, -0.2) is 23.6 Å². The van der Waals surface area contributed by atoms with E-state index in [0.29, 0.717) is 16.9 Å². The third-order valence-corrected chi connectivity index (χ3v) is 6.22. The minimum Gasteiger partial charge on any atom is -0.497 e. The lowest BCUT2D eigenvalue weighted by molar-refractivity contribution is -0.149. The van der Waals surface area contributed by atoms with Crippen LogP contribution in [0.3, 0.4) is 0 Å². The van der Waals surface area contributed by atoms with E-state index >= 15 is 0 Å². The molecule has 4 rings (SSSR count). The molecule has 0 saturated carbocycles. The number of nitrogens with zero attached hydrogens (tertiary/aromatic N) is 1. The van der Waals surface area contributed by atoms with Crippen LogP contribution in [0.4, 0.5) is 0 Å². The minimum atomic E-state index is -0.593. The van der Waals surface area contributed by atoms with Gasteiger partial charge in [0.25, 0.3) is 0 Å². The van der Waals surface area contributed by atoms with E-state index < -0.39 is 11.9 Å². The van der Waals surface area contributed by atoms with E-state index in [1.54, 1.807) is 18.4 Å². The SMILES string of the molecule is CCn1c(C)c(C2=C(c3cc(C)sc3C)C(=O)OC2=O)c2cc(OC)ccc21. The fourth-order valence-electron chi connectivity index (χ4n) is 4.05. The van der Waals surface area contributed by atoms with Crippen molar-refractivity contribution in [3.63, 3.8) is 0 Å². The van der Waals surface area contributed by atoms with Crippen molar-refractivity contribution in [1.82, 2.24) is 4.57 Å². The number of benzene rings is 1. The summed E-state index contributed by atoms with van der Waals surface area (Å²) in [4.78, 5) is 27.5. The number of thiophene rings is 1. The first-order valence-electron chi connectivity index (χ1n) is 9.12.